The van der Waals surface area contributed by atoms with Crippen molar-refractivity contribution in [1.82, 2.24) is 0 Å². The summed E-state index contributed by atoms with van der Waals surface area (Å²) in [5.41, 5.74) is 6.66. The standard InChI is InChI=1S/C10H11NOS2/c1-2-12-8-5-7(11)10-6(9(8)13)3-4-14-10/h3-5,13H,2,11H2,1H3. The number of nitrogen functional groups attached to an aromatic ring is 1. The van der Waals surface area contributed by atoms with Crippen molar-refractivity contribution in [3.63, 3.8) is 0 Å². The highest BCUT2D eigenvalue weighted by molar-refractivity contribution is 7.80. The van der Waals surface area contributed by atoms with Crippen LogP contribution in [0.4, 0.5) is 5.69 Å². The summed E-state index contributed by atoms with van der Waals surface area (Å²) in [6.45, 7) is 2.57. The van der Waals surface area contributed by atoms with Gasteiger partial charge in [0.25, 0.3) is 0 Å². The van der Waals surface area contributed by atoms with Crippen LogP contribution in [-0.4, -0.2) is 6.61 Å². The number of benzene rings is 1. The molecule has 0 spiro atoms. The molecule has 0 radical (unpaired) electrons. The van der Waals surface area contributed by atoms with Crippen molar-refractivity contribution < 1.29 is 4.74 Å². The molecular formula is C10H11NOS2. The van der Waals surface area contributed by atoms with E-state index in [1.807, 2.05) is 24.4 Å². The van der Waals surface area contributed by atoms with E-state index in [1.54, 1.807) is 11.3 Å². The van der Waals surface area contributed by atoms with Crippen LogP contribution in [0.3, 0.4) is 0 Å². The molecule has 0 amide bonds. The summed E-state index contributed by atoms with van der Waals surface area (Å²) in [7, 11) is 0. The Bertz CT molecular complexity index is 464. The first kappa shape index (κ1) is 9.68. The Kier molecular flexibility index (Phi) is 2.56. The molecule has 4 heteroatoms. The molecule has 1 aromatic heterocycles. The molecule has 74 valence electrons. The summed E-state index contributed by atoms with van der Waals surface area (Å²) in [4.78, 5) is 0.872. The molecule has 14 heavy (non-hydrogen) atoms. The first-order valence-electron chi connectivity index (χ1n) is 4.35. The average Bonchev–Trinajstić information content (AvgIpc) is 2.63. The quantitative estimate of drug-likeness (QED) is 0.608. The van der Waals surface area contributed by atoms with Gasteiger partial charge in [0, 0.05) is 11.5 Å². The molecule has 1 aromatic carbocycles. The van der Waals surface area contributed by atoms with Crippen molar-refractivity contribution in [2.24, 2.45) is 0 Å². The molecule has 1 heterocycles. The van der Waals surface area contributed by atoms with Crippen LogP contribution in [0.25, 0.3) is 10.1 Å². The highest BCUT2D eigenvalue weighted by atomic mass is 32.1. The van der Waals surface area contributed by atoms with Gasteiger partial charge in [-0.25, -0.2) is 0 Å². The maximum atomic E-state index is 5.90. The zero-order chi connectivity index (χ0) is 10.1. The molecule has 0 aliphatic carbocycles. The topological polar surface area (TPSA) is 35.2 Å². The number of ether oxygens (including phenoxy) is 1. The number of thiophene rings is 1. The summed E-state index contributed by atoms with van der Waals surface area (Å²) < 4.78 is 6.53. The lowest BCUT2D eigenvalue weighted by molar-refractivity contribution is 0.333. The van der Waals surface area contributed by atoms with Gasteiger partial charge in [-0.1, -0.05) is 0 Å². The first-order chi connectivity index (χ1) is 6.74. The van der Waals surface area contributed by atoms with E-state index in [0.29, 0.717) is 6.61 Å². The SMILES string of the molecule is CCOc1cc(N)c2sccc2c1S. The van der Waals surface area contributed by atoms with Crippen LogP contribution in [0.2, 0.25) is 0 Å². The molecule has 2 rings (SSSR count). The fourth-order valence-electron chi connectivity index (χ4n) is 1.39. The summed E-state index contributed by atoms with van der Waals surface area (Å²) in [6, 6.07) is 3.85. The van der Waals surface area contributed by atoms with Crippen LogP contribution in [0.1, 0.15) is 6.92 Å². The van der Waals surface area contributed by atoms with Crippen molar-refractivity contribution in [2.75, 3.05) is 12.3 Å². The Morgan fingerprint density at radius 1 is 1.57 bits per heavy atom. The number of rotatable bonds is 2. The fourth-order valence-corrected chi connectivity index (χ4v) is 2.62. The second-order valence-electron chi connectivity index (χ2n) is 2.91. The minimum absolute atomic E-state index is 0.628. The van der Waals surface area contributed by atoms with Crippen molar-refractivity contribution in [3.8, 4) is 5.75 Å². The van der Waals surface area contributed by atoms with Crippen LogP contribution >= 0.6 is 24.0 Å². The van der Waals surface area contributed by atoms with E-state index in [4.69, 9.17) is 10.5 Å². The number of fused-ring (bicyclic) bond motifs is 1. The van der Waals surface area contributed by atoms with E-state index >= 15 is 0 Å². The smallest absolute Gasteiger partial charge is 0.135 e. The summed E-state index contributed by atoms with van der Waals surface area (Å²) in [6.07, 6.45) is 0. The minimum Gasteiger partial charge on any atom is -0.493 e. The van der Waals surface area contributed by atoms with Crippen LogP contribution in [0.15, 0.2) is 22.4 Å². The van der Waals surface area contributed by atoms with Gasteiger partial charge in [0.15, 0.2) is 0 Å². The van der Waals surface area contributed by atoms with Crippen molar-refractivity contribution in [3.05, 3.63) is 17.5 Å². The molecule has 2 nitrogen and oxygen atoms in total. The Morgan fingerprint density at radius 3 is 3.07 bits per heavy atom. The van der Waals surface area contributed by atoms with Gasteiger partial charge in [-0.3, -0.25) is 0 Å². The van der Waals surface area contributed by atoms with Crippen LogP contribution < -0.4 is 10.5 Å². The molecule has 0 aliphatic heterocycles. The van der Waals surface area contributed by atoms with Gasteiger partial charge in [-0.15, -0.1) is 24.0 Å². The summed E-state index contributed by atoms with van der Waals surface area (Å²) in [5.74, 6) is 0.763. The van der Waals surface area contributed by atoms with Crippen molar-refractivity contribution in [1.29, 1.82) is 0 Å². The molecule has 0 fully saturated rings. The predicted octanol–water partition coefficient (Wildman–Crippen LogP) is 3.17. The van der Waals surface area contributed by atoms with Gasteiger partial charge in [0.1, 0.15) is 5.75 Å². The lowest BCUT2D eigenvalue weighted by atomic mass is 10.2. The van der Waals surface area contributed by atoms with Gasteiger partial charge >= 0.3 is 0 Å². The van der Waals surface area contributed by atoms with E-state index in [1.165, 1.54) is 0 Å². The summed E-state index contributed by atoms with van der Waals surface area (Å²) in [5, 5.41) is 3.08. The molecule has 0 unspecified atom stereocenters. The van der Waals surface area contributed by atoms with Gasteiger partial charge in [0.2, 0.25) is 0 Å². The highest BCUT2D eigenvalue weighted by Crippen LogP contribution is 2.38. The second kappa shape index (κ2) is 3.71. The molecule has 2 aromatic rings. The predicted molar refractivity (Wildman–Crippen MR) is 64.7 cm³/mol. The molecule has 0 bridgehead atoms. The number of nitrogens with two attached hydrogens (primary N) is 1. The van der Waals surface area contributed by atoms with Gasteiger partial charge < -0.3 is 10.5 Å². The fraction of sp³-hybridized carbons (Fsp3) is 0.200. The number of hydrogen-bond donors (Lipinski definition) is 2. The zero-order valence-corrected chi connectivity index (χ0v) is 9.49. The molecule has 0 aliphatic rings. The Balaban J connectivity index is 2.68. The largest absolute Gasteiger partial charge is 0.493 e. The minimum atomic E-state index is 0.628. The third-order valence-corrected chi connectivity index (χ3v) is 3.43. The highest BCUT2D eigenvalue weighted by Gasteiger charge is 2.09. The van der Waals surface area contributed by atoms with Crippen LogP contribution in [-0.2, 0) is 0 Å². The molecule has 0 atom stereocenters. The summed E-state index contributed by atoms with van der Waals surface area (Å²) >= 11 is 6.06. The van der Waals surface area contributed by atoms with E-state index < -0.39 is 0 Å². The third-order valence-electron chi connectivity index (χ3n) is 2.00. The second-order valence-corrected chi connectivity index (χ2v) is 4.27. The van der Waals surface area contributed by atoms with Crippen LogP contribution in [0, 0.1) is 0 Å². The van der Waals surface area contributed by atoms with Crippen molar-refractivity contribution >= 4 is 39.7 Å². The lowest BCUT2D eigenvalue weighted by Gasteiger charge is -2.08. The number of thiol groups is 1. The van der Waals surface area contributed by atoms with Gasteiger partial charge in [-0.2, -0.15) is 0 Å². The first-order valence-corrected chi connectivity index (χ1v) is 5.68. The Labute approximate surface area is 92.1 Å². The number of hydrogen-bond acceptors (Lipinski definition) is 4. The van der Waals surface area contributed by atoms with Gasteiger partial charge in [0.05, 0.1) is 21.9 Å². The molecule has 0 saturated carbocycles. The lowest BCUT2D eigenvalue weighted by Crippen LogP contribution is -1.94. The van der Waals surface area contributed by atoms with E-state index in [0.717, 1.165) is 26.4 Å². The maximum Gasteiger partial charge on any atom is 0.135 e. The monoisotopic (exact) mass is 225 g/mol. The Hall–Kier alpha value is -0.870. The van der Waals surface area contributed by atoms with E-state index in [2.05, 4.69) is 12.6 Å². The Morgan fingerprint density at radius 2 is 2.36 bits per heavy atom. The van der Waals surface area contributed by atoms with Gasteiger partial charge in [-0.05, 0) is 18.4 Å². The van der Waals surface area contributed by atoms with Crippen LogP contribution in [0.5, 0.6) is 5.75 Å². The normalized spacial score (nSPS) is 10.7. The molecule has 2 N–H and O–H groups in total. The van der Waals surface area contributed by atoms with E-state index in [9.17, 15) is 0 Å². The average molecular weight is 225 g/mol. The molecular weight excluding hydrogens is 214 g/mol. The van der Waals surface area contributed by atoms with Crippen molar-refractivity contribution in [2.45, 2.75) is 11.8 Å². The third kappa shape index (κ3) is 1.44. The number of anilines is 1. The zero-order valence-electron chi connectivity index (χ0n) is 7.78. The van der Waals surface area contributed by atoms with E-state index in [-0.39, 0.29) is 0 Å². The maximum absolute atomic E-state index is 5.90. The molecule has 0 saturated heterocycles.